The lowest BCUT2D eigenvalue weighted by atomic mass is 10.0. The van der Waals surface area contributed by atoms with Gasteiger partial charge in [-0.2, -0.15) is 0 Å². The van der Waals surface area contributed by atoms with E-state index in [1.807, 2.05) is 12.1 Å². The first-order valence-corrected chi connectivity index (χ1v) is 6.46. The third kappa shape index (κ3) is 2.50. The van der Waals surface area contributed by atoms with Crippen LogP contribution < -0.4 is 4.74 Å². The van der Waals surface area contributed by atoms with Crippen LogP contribution in [-0.2, 0) is 11.2 Å². The van der Waals surface area contributed by atoms with Crippen LogP contribution in [0.25, 0.3) is 0 Å². The van der Waals surface area contributed by atoms with Gasteiger partial charge < -0.3 is 9.47 Å². The maximum atomic E-state index is 5.70. The quantitative estimate of drug-likeness (QED) is 0.818. The van der Waals surface area contributed by atoms with Gasteiger partial charge in [0.1, 0.15) is 12.4 Å². The average molecular weight is 247 g/mol. The van der Waals surface area contributed by atoms with E-state index in [1.54, 1.807) is 7.11 Å². The van der Waals surface area contributed by atoms with Crippen molar-refractivity contribution >= 4 is 5.90 Å². The number of hydrogen-bond donors (Lipinski definition) is 0. The molecule has 0 amide bonds. The minimum atomic E-state index is -0.138. The summed E-state index contributed by atoms with van der Waals surface area (Å²) >= 11 is 0. The number of aliphatic imine (C=N–C) groups is 1. The second-order valence-electron chi connectivity index (χ2n) is 5.27. The summed E-state index contributed by atoms with van der Waals surface area (Å²) in [6.07, 6.45) is 2.10. The topological polar surface area (TPSA) is 30.8 Å². The Morgan fingerprint density at radius 1 is 1.39 bits per heavy atom. The third-order valence-electron chi connectivity index (χ3n) is 3.02. The summed E-state index contributed by atoms with van der Waals surface area (Å²) in [6.45, 7) is 6.94. The minimum absolute atomic E-state index is 0.138. The molecule has 0 radical (unpaired) electrons. The molecular weight excluding hydrogens is 226 g/mol. The molecule has 3 heteroatoms. The molecule has 0 bridgehead atoms. The second kappa shape index (κ2) is 5.01. The number of benzene rings is 1. The Kier molecular flexibility index (Phi) is 3.60. The Bertz CT molecular complexity index is 464. The molecule has 1 aromatic rings. The highest BCUT2D eigenvalue weighted by Crippen LogP contribution is 2.29. The largest absolute Gasteiger partial charge is 0.496 e. The van der Waals surface area contributed by atoms with Crippen molar-refractivity contribution in [3.63, 3.8) is 0 Å². The third-order valence-corrected chi connectivity index (χ3v) is 3.02. The molecule has 0 saturated heterocycles. The molecule has 2 rings (SSSR count). The molecule has 0 N–H and O–H groups in total. The lowest BCUT2D eigenvalue weighted by molar-refractivity contribution is 0.278. The Morgan fingerprint density at radius 2 is 2.17 bits per heavy atom. The number of rotatable bonds is 4. The standard InChI is InChI=1S/C15H21NO2/c1-5-7-11-8-6-9-12(13(11)17-4)14-16-15(2,3)10-18-14/h6,8-9H,5,7,10H2,1-4H3. The molecular formula is C15H21NO2. The molecule has 0 saturated carbocycles. The maximum Gasteiger partial charge on any atom is 0.220 e. The van der Waals surface area contributed by atoms with Crippen LogP contribution in [0, 0.1) is 0 Å². The van der Waals surface area contributed by atoms with Crippen molar-refractivity contribution < 1.29 is 9.47 Å². The Hall–Kier alpha value is -1.51. The van der Waals surface area contributed by atoms with Gasteiger partial charge in [0.15, 0.2) is 0 Å². The summed E-state index contributed by atoms with van der Waals surface area (Å²) in [5.74, 6) is 1.60. The van der Waals surface area contributed by atoms with Crippen molar-refractivity contribution in [2.75, 3.05) is 13.7 Å². The van der Waals surface area contributed by atoms with Crippen molar-refractivity contribution in [3.05, 3.63) is 29.3 Å². The molecule has 18 heavy (non-hydrogen) atoms. The molecule has 1 aromatic carbocycles. The molecule has 0 unspecified atom stereocenters. The van der Waals surface area contributed by atoms with E-state index in [4.69, 9.17) is 9.47 Å². The van der Waals surface area contributed by atoms with Gasteiger partial charge in [-0.1, -0.05) is 25.5 Å². The van der Waals surface area contributed by atoms with Crippen molar-refractivity contribution in [2.24, 2.45) is 4.99 Å². The van der Waals surface area contributed by atoms with E-state index in [9.17, 15) is 0 Å². The van der Waals surface area contributed by atoms with Crippen LogP contribution in [0.4, 0.5) is 0 Å². The van der Waals surface area contributed by atoms with E-state index < -0.39 is 0 Å². The van der Waals surface area contributed by atoms with E-state index in [0.29, 0.717) is 12.5 Å². The molecule has 0 fully saturated rings. The van der Waals surface area contributed by atoms with Gasteiger partial charge in [-0.15, -0.1) is 0 Å². The molecule has 0 spiro atoms. The van der Waals surface area contributed by atoms with Crippen LogP contribution in [0.3, 0.4) is 0 Å². The van der Waals surface area contributed by atoms with Gasteiger partial charge in [-0.3, -0.25) is 0 Å². The second-order valence-corrected chi connectivity index (χ2v) is 5.27. The summed E-state index contributed by atoms with van der Waals surface area (Å²) in [7, 11) is 1.71. The Balaban J connectivity index is 2.42. The fourth-order valence-corrected chi connectivity index (χ4v) is 2.18. The number of methoxy groups -OCH3 is 1. The highest BCUT2D eigenvalue weighted by atomic mass is 16.5. The molecule has 3 nitrogen and oxygen atoms in total. The first-order valence-electron chi connectivity index (χ1n) is 6.46. The summed E-state index contributed by atoms with van der Waals surface area (Å²) in [6, 6.07) is 6.16. The lowest BCUT2D eigenvalue weighted by Crippen LogP contribution is -2.17. The summed E-state index contributed by atoms with van der Waals surface area (Å²) in [4.78, 5) is 4.61. The molecule has 0 atom stereocenters. The van der Waals surface area contributed by atoms with Crippen LogP contribution in [0.15, 0.2) is 23.2 Å². The SMILES string of the molecule is CCCc1cccc(C2=NC(C)(C)CO2)c1OC. The summed E-state index contributed by atoms with van der Waals surface area (Å²) in [5, 5.41) is 0. The van der Waals surface area contributed by atoms with Gasteiger partial charge in [0.05, 0.1) is 18.2 Å². The van der Waals surface area contributed by atoms with Crippen LogP contribution in [0.2, 0.25) is 0 Å². The zero-order chi connectivity index (χ0) is 13.2. The zero-order valence-electron chi connectivity index (χ0n) is 11.6. The first kappa shape index (κ1) is 12.9. The first-order chi connectivity index (χ1) is 8.57. The van der Waals surface area contributed by atoms with Crippen molar-refractivity contribution in [2.45, 2.75) is 39.2 Å². The predicted octanol–water partition coefficient (Wildman–Crippen LogP) is 3.20. The monoisotopic (exact) mass is 247 g/mol. The van der Waals surface area contributed by atoms with E-state index in [-0.39, 0.29) is 5.54 Å². The maximum absolute atomic E-state index is 5.70. The zero-order valence-corrected chi connectivity index (χ0v) is 11.6. The highest BCUT2D eigenvalue weighted by Gasteiger charge is 2.28. The number of ether oxygens (including phenoxy) is 2. The lowest BCUT2D eigenvalue weighted by Gasteiger charge is -2.12. The van der Waals surface area contributed by atoms with Crippen LogP contribution in [0.1, 0.15) is 38.3 Å². The summed E-state index contributed by atoms with van der Waals surface area (Å²) < 4.78 is 11.2. The van der Waals surface area contributed by atoms with E-state index in [0.717, 1.165) is 24.2 Å². The molecule has 0 aliphatic carbocycles. The smallest absolute Gasteiger partial charge is 0.220 e. The number of aryl methyl sites for hydroxylation is 1. The van der Waals surface area contributed by atoms with Crippen LogP contribution in [-0.4, -0.2) is 25.2 Å². The minimum Gasteiger partial charge on any atom is -0.496 e. The molecule has 1 heterocycles. The van der Waals surface area contributed by atoms with Crippen LogP contribution >= 0.6 is 0 Å². The van der Waals surface area contributed by atoms with Gasteiger partial charge in [0.25, 0.3) is 0 Å². The molecule has 1 aliphatic rings. The fraction of sp³-hybridized carbons (Fsp3) is 0.533. The van der Waals surface area contributed by atoms with Gasteiger partial charge >= 0.3 is 0 Å². The number of nitrogens with zero attached hydrogens (tertiary/aromatic N) is 1. The highest BCUT2D eigenvalue weighted by molar-refractivity contribution is 5.98. The van der Waals surface area contributed by atoms with Crippen molar-refractivity contribution in [3.8, 4) is 5.75 Å². The van der Waals surface area contributed by atoms with Crippen molar-refractivity contribution in [1.29, 1.82) is 0 Å². The van der Waals surface area contributed by atoms with E-state index >= 15 is 0 Å². The fourth-order valence-electron chi connectivity index (χ4n) is 2.18. The van der Waals surface area contributed by atoms with Gasteiger partial charge in [0, 0.05) is 0 Å². The summed E-state index contributed by atoms with van der Waals surface area (Å²) in [5.41, 5.74) is 2.05. The van der Waals surface area contributed by atoms with Gasteiger partial charge in [-0.05, 0) is 31.9 Å². The number of hydrogen-bond acceptors (Lipinski definition) is 3. The van der Waals surface area contributed by atoms with Crippen LogP contribution in [0.5, 0.6) is 5.75 Å². The number of para-hydroxylation sites is 1. The molecule has 0 aromatic heterocycles. The Morgan fingerprint density at radius 3 is 2.72 bits per heavy atom. The molecule has 98 valence electrons. The predicted molar refractivity (Wildman–Crippen MR) is 73.6 cm³/mol. The normalized spacial score (nSPS) is 17.2. The van der Waals surface area contributed by atoms with E-state index in [2.05, 4.69) is 31.8 Å². The molecule has 1 aliphatic heterocycles. The van der Waals surface area contributed by atoms with E-state index in [1.165, 1.54) is 5.56 Å². The van der Waals surface area contributed by atoms with Crippen molar-refractivity contribution in [1.82, 2.24) is 0 Å². The van der Waals surface area contributed by atoms with Gasteiger partial charge in [0.2, 0.25) is 5.90 Å². The average Bonchev–Trinajstić information content (AvgIpc) is 2.70. The van der Waals surface area contributed by atoms with Gasteiger partial charge in [-0.25, -0.2) is 4.99 Å². The Labute approximate surface area is 109 Å².